The van der Waals surface area contributed by atoms with Crippen LogP contribution in [0.15, 0.2) is 24.3 Å². The molecule has 116 valence electrons. The Kier molecular flexibility index (Phi) is 6.21. The second-order valence-corrected chi connectivity index (χ2v) is 5.66. The molecule has 1 fully saturated rings. The van der Waals surface area contributed by atoms with Crippen molar-refractivity contribution in [3.05, 3.63) is 35.4 Å². The van der Waals surface area contributed by atoms with E-state index in [1.54, 1.807) is 0 Å². The lowest BCUT2D eigenvalue weighted by molar-refractivity contribution is -0.133. The number of carbonyl (C=O) groups excluding carboxylic acids is 1. The van der Waals surface area contributed by atoms with Crippen LogP contribution in [0.25, 0.3) is 0 Å². The molecular formula is C17H25NO3. The van der Waals surface area contributed by atoms with Crippen molar-refractivity contribution in [3.8, 4) is 0 Å². The Morgan fingerprint density at radius 1 is 1.38 bits per heavy atom. The molecule has 0 unspecified atom stereocenters. The number of rotatable bonds is 6. The lowest BCUT2D eigenvalue weighted by Crippen LogP contribution is -2.41. The largest absolute Gasteiger partial charge is 0.394 e. The van der Waals surface area contributed by atoms with E-state index in [0.29, 0.717) is 13.0 Å². The summed E-state index contributed by atoms with van der Waals surface area (Å²) < 4.78 is 5.51. The second kappa shape index (κ2) is 8.15. The van der Waals surface area contributed by atoms with Gasteiger partial charge in [0.1, 0.15) is 0 Å². The molecule has 0 bridgehead atoms. The summed E-state index contributed by atoms with van der Waals surface area (Å²) >= 11 is 0. The van der Waals surface area contributed by atoms with Crippen molar-refractivity contribution in [3.63, 3.8) is 0 Å². The average Bonchev–Trinajstić information content (AvgIpc) is 2.51. The highest BCUT2D eigenvalue weighted by molar-refractivity contribution is 5.76. The van der Waals surface area contributed by atoms with E-state index in [0.717, 1.165) is 32.4 Å². The molecule has 0 spiro atoms. The Labute approximate surface area is 126 Å². The van der Waals surface area contributed by atoms with Gasteiger partial charge in [-0.25, -0.2) is 0 Å². The lowest BCUT2D eigenvalue weighted by atomic mass is 10.0. The Morgan fingerprint density at radius 2 is 2.14 bits per heavy atom. The highest BCUT2D eigenvalue weighted by Gasteiger charge is 2.22. The minimum Gasteiger partial charge on any atom is -0.394 e. The molecule has 0 aromatic heterocycles. The van der Waals surface area contributed by atoms with E-state index >= 15 is 0 Å². The molecule has 4 heteroatoms. The first-order chi connectivity index (χ1) is 10.2. The minimum absolute atomic E-state index is 0.0651. The van der Waals surface area contributed by atoms with Crippen LogP contribution in [0.4, 0.5) is 0 Å². The predicted molar refractivity (Wildman–Crippen MR) is 82.1 cm³/mol. The number of nitrogens with zero attached hydrogens (tertiary/aromatic N) is 1. The van der Waals surface area contributed by atoms with Crippen molar-refractivity contribution in [2.75, 3.05) is 26.3 Å². The summed E-state index contributed by atoms with van der Waals surface area (Å²) in [6.07, 6.45) is 3.32. The molecule has 1 aliphatic rings. The van der Waals surface area contributed by atoms with E-state index in [1.807, 2.05) is 11.0 Å². The fourth-order valence-corrected chi connectivity index (χ4v) is 2.77. The molecule has 1 aromatic rings. The van der Waals surface area contributed by atoms with Gasteiger partial charge in [-0.05, 0) is 31.7 Å². The first kappa shape index (κ1) is 16.0. The Balaban J connectivity index is 1.72. The van der Waals surface area contributed by atoms with Crippen LogP contribution in [-0.2, 0) is 16.0 Å². The minimum atomic E-state index is 0.0651. The highest BCUT2D eigenvalue weighted by atomic mass is 16.5. The van der Waals surface area contributed by atoms with Gasteiger partial charge >= 0.3 is 0 Å². The maximum absolute atomic E-state index is 12.2. The van der Waals surface area contributed by atoms with Crippen molar-refractivity contribution in [1.29, 1.82) is 0 Å². The molecular weight excluding hydrogens is 266 g/mol. The van der Waals surface area contributed by atoms with E-state index in [4.69, 9.17) is 9.84 Å². The molecule has 0 radical (unpaired) electrons. The number of aliphatic hydroxyl groups is 1. The van der Waals surface area contributed by atoms with Crippen molar-refractivity contribution in [2.45, 2.75) is 38.7 Å². The number of hydrogen-bond donors (Lipinski definition) is 1. The summed E-state index contributed by atoms with van der Waals surface area (Å²) in [5.41, 5.74) is 2.46. The topological polar surface area (TPSA) is 49.8 Å². The van der Waals surface area contributed by atoms with Crippen LogP contribution < -0.4 is 0 Å². The maximum Gasteiger partial charge on any atom is 0.222 e. The fraction of sp³-hybridized carbons (Fsp3) is 0.588. The zero-order valence-electron chi connectivity index (χ0n) is 12.8. The monoisotopic (exact) mass is 291 g/mol. The Bertz CT molecular complexity index is 453. The van der Waals surface area contributed by atoms with E-state index < -0.39 is 0 Å². The number of carbonyl (C=O) groups is 1. The zero-order valence-corrected chi connectivity index (χ0v) is 12.8. The molecule has 1 aliphatic heterocycles. The van der Waals surface area contributed by atoms with Gasteiger partial charge < -0.3 is 14.7 Å². The lowest BCUT2D eigenvalue weighted by Gasteiger charge is -2.32. The Morgan fingerprint density at radius 3 is 2.81 bits per heavy atom. The first-order valence-electron chi connectivity index (χ1n) is 7.75. The van der Waals surface area contributed by atoms with Crippen molar-refractivity contribution in [2.24, 2.45) is 0 Å². The summed E-state index contributed by atoms with van der Waals surface area (Å²) in [5, 5.41) is 8.75. The Hall–Kier alpha value is -1.39. The van der Waals surface area contributed by atoms with Crippen LogP contribution in [-0.4, -0.2) is 48.3 Å². The number of piperidine rings is 1. The van der Waals surface area contributed by atoms with Gasteiger partial charge in [0.25, 0.3) is 0 Å². The number of hydrogen-bond acceptors (Lipinski definition) is 3. The van der Waals surface area contributed by atoms with Gasteiger partial charge in [0.2, 0.25) is 5.91 Å². The maximum atomic E-state index is 12.2. The number of aliphatic hydroxyl groups excluding tert-OH is 1. The second-order valence-electron chi connectivity index (χ2n) is 5.66. The van der Waals surface area contributed by atoms with Gasteiger partial charge in [-0.2, -0.15) is 0 Å². The van der Waals surface area contributed by atoms with Crippen LogP contribution in [0.1, 0.15) is 30.4 Å². The molecule has 0 atom stereocenters. The van der Waals surface area contributed by atoms with E-state index in [2.05, 4.69) is 25.1 Å². The van der Waals surface area contributed by atoms with Crippen molar-refractivity contribution < 1.29 is 14.6 Å². The summed E-state index contributed by atoms with van der Waals surface area (Å²) in [4.78, 5) is 14.2. The van der Waals surface area contributed by atoms with Gasteiger partial charge in [0.15, 0.2) is 0 Å². The normalized spacial score (nSPS) is 16.2. The molecule has 1 heterocycles. The first-order valence-corrected chi connectivity index (χ1v) is 7.75. The van der Waals surface area contributed by atoms with E-state index in [1.165, 1.54) is 11.1 Å². The predicted octanol–water partition coefficient (Wildman–Crippen LogP) is 1.93. The number of amides is 1. The number of ether oxygens (including phenoxy) is 1. The third kappa shape index (κ3) is 5.14. The fourth-order valence-electron chi connectivity index (χ4n) is 2.77. The van der Waals surface area contributed by atoms with Crippen LogP contribution in [0.5, 0.6) is 0 Å². The SMILES string of the molecule is Cc1cccc(CCC(=O)N2CCC(OCCO)CC2)c1. The smallest absolute Gasteiger partial charge is 0.222 e. The van der Waals surface area contributed by atoms with Crippen LogP contribution in [0.2, 0.25) is 0 Å². The number of aryl methyl sites for hydroxylation is 2. The molecule has 4 nitrogen and oxygen atoms in total. The van der Waals surface area contributed by atoms with Crippen LogP contribution >= 0.6 is 0 Å². The summed E-state index contributed by atoms with van der Waals surface area (Å²) in [5.74, 6) is 0.233. The molecule has 1 aromatic carbocycles. The van der Waals surface area contributed by atoms with E-state index in [-0.39, 0.29) is 18.6 Å². The van der Waals surface area contributed by atoms with Crippen LogP contribution in [0.3, 0.4) is 0 Å². The summed E-state index contributed by atoms with van der Waals surface area (Å²) in [6.45, 7) is 4.07. The number of likely N-dealkylation sites (tertiary alicyclic amines) is 1. The van der Waals surface area contributed by atoms with Gasteiger partial charge in [0.05, 0.1) is 19.3 Å². The van der Waals surface area contributed by atoms with Crippen molar-refractivity contribution >= 4 is 5.91 Å². The van der Waals surface area contributed by atoms with Crippen LogP contribution in [0, 0.1) is 6.92 Å². The molecule has 0 saturated carbocycles. The molecule has 1 amide bonds. The third-order valence-corrected chi connectivity index (χ3v) is 3.95. The summed E-state index contributed by atoms with van der Waals surface area (Å²) in [7, 11) is 0. The molecule has 21 heavy (non-hydrogen) atoms. The highest BCUT2D eigenvalue weighted by Crippen LogP contribution is 2.15. The van der Waals surface area contributed by atoms with Gasteiger partial charge in [0, 0.05) is 19.5 Å². The standard InChI is InChI=1S/C17H25NO3/c1-14-3-2-4-15(13-14)5-6-17(20)18-9-7-16(8-10-18)21-12-11-19/h2-4,13,16,19H,5-12H2,1H3. The zero-order chi connectivity index (χ0) is 15.1. The van der Waals surface area contributed by atoms with Gasteiger partial charge in [-0.3, -0.25) is 4.79 Å². The molecule has 1 saturated heterocycles. The third-order valence-electron chi connectivity index (χ3n) is 3.95. The van der Waals surface area contributed by atoms with Crippen molar-refractivity contribution in [1.82, 2.24) is 4.90 Å². The van der Waals surface area contributed by atoms with E-state index in [9.17, 15) is 4.79 Å². The molecule has 0 aliphatic carbocycles. The quantitative estimate of drug-likeness (QED) is 0.871. The average molecular weight is 291 g/mol. The summed E-state index contributed by atoms with van der Waals surface area (Å²) in [6, 6.07) is 8.33. The number of benzene rings is 1. The molecule has 1 N–H and O–H groups in total. The molecule has 2 rings (SSSR count). The van der Waals surface area contributed by atoms with Gasteiger partial charge in [-0.1, -0.05) is 29.8 Å². The van der Waals surface area contributed by atoms with Gasteiger partial charge in [-0.15, -0.1) is 0 Å².